The summed E-state index contributed by atoms with van der Waals surface area (Å²) in [4.78, 5) is 17.9. The van der Waals surface area contributed by atoms with Crippen molar-refractivity contribution in [3.63, 3.8) is 0 Å². The SMILES string of the molecule is C=C(CC)N1[C@H](c2ncc(NC3CN(CCCF)C3)cn2)c2[nH]c3ccccc3c2C[C@H]1C. The fourth-order valence-electron chi connectivity index (χ4n) is 5.31. The van der Waals surface area contributed by atoms with Crippen LogP contribution in [-0.2, 0) is 6.42 Å². The number of halogens is 1. The number of para-hydroxylation sites is 1. The normalized spacial score (nSPS) is 21.1. The number of fused-ring (bicyclic) bond motifs is 3. The van der Waals surface area contributed by atoms with E-state index in [4.69, 9.17) is 9.97 Å². The summed E-state index contributed by atoms with van der Waals surface area (Å²) in [5.41, 5.74) is 5.72. The maximum absolute atomic E-state index is 12.4. The van der Waals surface area contributed by atoms with Crippen molar-refractivity contribution in [1.29, 1.82) is 0 Å². The number of aromatic amines is 1. The van der Waals surface area contributed by atoms with E-state index < -0.39 is 0 Å². The Kier molecular flexibility index (Phi) is 6.06. The highest BCUT2D eigenvalue weighted by atomic mass is 19.1. The summed E-state index contributed by atoms with van der Waals surface area (Å²) >= 11 is 0. The second-order valence-electron chi connectivity index (χ2n) is 9.32. The predicted octanol–water partition coefficient (Wildman–Crippen LogP) is 4.67. The van der Waals surface area contributed by atoms with Crippen LogP contribution in [0.2, 0.25) is 0 Å². The van der Waals surface area contributed by atoms with Crippen molar-refractivity contribution in [1.82, 2.24) is 24.8 Å². The Labute approximate surface area is 194 Å². The summed E-state index contributed by atoms with van der Waals surface area (Å²) in [6.07, 6.45) is 6.24. The molecule has 2 N–H and O–H groups in total. The average molecular weight is 449 g/mol. The van der Waals surface area contributed by atoms with Gasteiger partial charge in [0.15, 0.2) is 5.82 Å². The fraction of sp³-hybridized carbons (Fsp3) is 0.462. The lowest BCUT2D eigenvalue weighted by atomic mass is 9.91. The van der Waals surface area contributed by atoms with Crippen molar-refractivity contribution < 1.29 is 4.39 Å². The molecule has 5 rings (SSSR count). The van der Waals surface area contributed by atoms with Crippen molar-refractivity contribution in [3.8, 4) is 0 Å². The summed E-state index contributed by atoms with van der Waals surface area (Å²) in [6.45, 7) is 11.2. The minimum Gasteiger partial charge on any atom is -0.377 e. The van der Waals surface area contributed by atoms with E-state index in [1.54, 1.807) is 0 Å². The third-order valence-corrected chi connectivity index (χ3v) is 7.00. The molecule has 0 unspecified atom stereocenters. The molecule has 0 amide bonds. The number of nitrogens with zero attached hydrogens (tertiary/aromatic N) is 4. The topological polar surface area (TPSA) is 60.1 Å². The van der Waals surface area contributed by atoms with Crippen LogP contribution in [0, 0.1) is 0 Å². The van der Waals surface area contributed by atoms with Gasteiger partial charge in [0.2, 0.25) is 0 Å². The van der Waals surface area contributed by atoms with Crippen LogP contribution in [-0.4, -0.2) is 63.1 Å². The van der Waals surface area contributed by atoms with Gasteiger partial charge in [-0.1, -0.05) is 31.7 Å². The van der Waals surface area contributed by atoms with Gasteiger partial charge in [-0.05, 0) is 37.8 Å². The first-order valence-corrected chi connectivity index (χ1v) is 12.0. The molecule has 2 aliphatic rings. The predicted molar refractivity (Wildman–Crippen MR) is 131 cm³/mol. The van der Waals surface area contributed by atoms with Crippen molar-refractivity contribution in [2.24, 2.45) is 0 Å². The zero-order valence-electron chi connectivity index (χ0n) is 19.5. The van der Waals surface area contributed by atoms with E-state index in [-0.39, 0.29) is 12.7 Å². The number of allylic oxidation sites excluding steroid dienone is 1. The fourth-order valence-corrected chi connectivity index (χ4v) is 5.31. The molecule has 6 nitrogen and oxygen atoms in total. The van der Waals surface area contributed by atoms with Gasteiger partial charge in [0.05, 0.1) is 36.5 Å². The summed E-state index contributed by atoms with van der Waals surface area (Å²) in [5, 5.41) is 4.79. The summed E-state index contributed by atoms with van der Waals surface area (Å²) < 4.78 is 12.4. The average Bonchev–Trinajstić information content (AvgIpc) is 3.17. The van der Waals surface area contributed by atoms with Crippen LogP contribution in [0.4, 0.5) is 10.1 Å². The first-order chi connectivity index (χ1) is 16.1. The zero-order chi connectivity index (χ0) is 22.9. The van der Waals surface area contributed by atoms with Crippen LogP contribution in [0.15, 0.2) is 48.9 Å². The van der Waals surface area contributed by atoms with Gasteiger partial charge < -0.3 is 15.2 Å². The van der Waals surface area contributed by atoms with E-state index in [0.29, 0.717) is 18.5 Å². The van der Waals surface area contributed by atoms with Gasteiger partial charge in [0.1, 0.15) is 6.04 Å². The minimum absolute atomic E-state index is 0.0856. The molecule has 33 heavy (non-hydrogen) atoms. The molecular formula is C26H33FN6. The second kappa shape index (κ2) is 9.14. The maximum Gasteiger partial charge on any atom is 0.156 e. The van der Waals surface area contributed by atoms with E-state index in [1.807, 2.05) is 12.4 Å². The molecule has 4 heterocycles. The lowest BCUT2D eigenvalue weighted by Gasteiger charge is -2.42. The third-order valence-electron chi connectivity index (χ3n) is 7.00. The van der Waals surface area contributed by atoms with Gasteiger partial charge in [-0.25, -0.2) is 9.97 Å². The molecule has 174 valence electrons. The van der Waals surface area contributed by atoms with Crippen molar-refractivity contribution in [2.75, 3.05) is 31.6 Å². The van der Waals surface area contributed by atoms with Gasteiger partial charge in [0.25, 0.3) is 0 Å². The molecule has 0 spiro atoms. The molecule has 2 aromatic heterocycles. The summed E-state index contributed by atoms with van der Waals surface area (Å²) in [5.74, 6) is 0.785. The zero-order valence-corrected chi connectivity index (χ0v) is 19.5. The molecule has 2 aliphatic heterocycles. The van der Waals surface area contributed by atoms with Crippen LogP contribution in [0.3, 0.4) is 0 Å². The van der Waals surface area contributed by atoms with Gasteiger partial charge >= 0.3 is 0 Å². The quantitative estimate of drug-likeness (QED) is 0.524. The minimum atomic E-state index is -0.247. The molecule has 0 bridgehead atoms. The number of likely N-dealkylation sites (tertiary alicyclic amines) is 1. The number of nitrogens with one attached hydrogen (secondary N) is 2. The monoisotopic (exact) mass is 448 g/mol. The number of aromatic nitrogens is 3. The number of benzene rings is 1. The molecule has 0 aliphatic carbocycles. The lowest BCUT2D eigenvalue weighted by molar-refractivity contribution is 0.155. The summed E-state index contributed by atoms with van der Waals surface area (Å²) in [6, 6.07) is 9.09. The van der Waals surface area contributed by atoms with E-state index in [2.05, 4.69) is 64.8 Å². The van der Waals surface area contributed by atoms with Crippen molar-refractivity contribution in [2.45, 2.75) is 51.2 Å². The number of H-pyrrole nitrogens is 1. The molecule has 7 heteroatoms. The van der Waals surface area contributed by atoms with Crippen LogP contribution < -0.4 is 5.32 Å². The molecule has 0 saturated carbocycles. The van der Waals surface area contributed by atoms with E-state index >= 15 is 0 Å². The highest BCUT2D eigenvalue weighted by molar-refractivity contribution is 5.85. The Balaban J connectivity index is 1.41. The first-order valence-electron chi connectivity index (χ1n) is 12.0. The molecule has 3 aromatic rings. The van der Waals surface area contributed by atoms with Crippen LogP contribution >= 0.6 is 0 Å². The Hall–Kier alpha value is -2.93. The first kappa shape index (κ1) is 21.9. The van der Waals surface area contributed by atoms with Crippen LogP contribution in [0.1, 0.15) is 49.8 Å². The van der Waals surface area contributed by atoms with Crippen molar-refractivity contribution in [3.05, 3.63) is 66.0 Å². The Morgan fingerprint density at radius 2 is 2.00 bits per heavy atom. The van der Waals surface area contributed by atoms with Gasteiger partial charge in [-0.15, -0.1) is 0 Å². The smallest absolute Gasteiger partial charge is 0.156 e. The highest BCUT2D eigenvalue weighted by Crippen LogP contribution is 2.41. The lowest BCUT2D eigenvalue weighted by Crippen LogP contribution is -2.54. The Morgan fingerprint density at radius 1 is 1.24 bits per heavy atom. The molecule has 1 fully saturated rings. The molecular weight excluding hydrogens is 415 g/mol. The number of hydrogen-bond acceptors (Lipinski definition) is 5. The van der Waals surface area contributed by atoms with Gasteiger partial charge in [-0.2, -0.15) is 0 Å². The molecule has 1 aromatic carbocycles. The maximum atomic E-state index is 12.4. The number of alkyl halides is 1. The second-order valence-corrected chi connectivity index (χ2v) is 9.32. The summed E-state index contributed by atoms with van der Waals surface area (Å²) in [7, 11) is 0. The van der Waals surface area contributed by atoms with Crippen LogP contribution in [0.5, 0.6) is 0 Å². The van der Waals surface area contributed by atoms with Gasteiger partial charge in [-0.3, -0.25) is 9.29 Å². The van der Waals surface area contributed by atoms with E-state index in [1.165, 1.54) is 16.6 Å². The molecule has 0 radical (unpaired) electrons. The molecule has 1 saturated heterocycles. The van der Waals surface area contributed by atoms with Gasteiger partial charge in [0, 0.05) is 42.3 Å². The standard InChI is InChI=1S/C26H33FN6/c1-4-17(2)33-18(3)12-22-21-8-5-6-9-23(21)31-24(22)25(33)26-28-13-19(14-29-26)30-20-15-32(16-20)11-7-10-27/h5-6,8-9,13-14,18,20,25,30-31H,2,4,7,10-12,15-16H2,1,3H3/t18-,25+/m1/s1. The Morgan fingerprint density at radius 3 is 2.73 bits per heavy atom. The Bertz CT molecular complexity index is 1120. The number of rotatable bonds is 8. The van der Waals surface area contributed by atoms with Crippen LogP contribution in [0.25, 0.3) is 10.9 Å². The van der Waals surface area contributed by atoms with E-state index in [0.717, 1.165) is 55.2 Å². The highest BCUT2D eigenvalue weighted by Gasteiger charge is 2.37. The third kappa shape index (κ3) is 4.10. The number of hydrogen-bond donors (Lipinski definition) is 2. The largest absolute Gasteiger partial charge is 0.377 e. The number of anilines is 1. The molecule has 2 atom stereocenters. The van der Waals surface area contributed by atoms with Crippen molar-refractivity contribution >= 4 is 16.6 Å². The van der Waals surface area contributed by atoms with E-state index in [9.17, 15) is 4.39 Å².